The number of hydrogen-bond acceptors (Lipinski definition) is 2. The van der Waals surface area contributed by atoms with Crippen molar-refractivity contribution in [2.24, 2.45) is 0 Å². The Balaban J connectivity index is 2.87. The smallest absolute Gasteiger partial charge is 0.300 e. The lowest BCUT2D eigenvalue weighted by molar-refractivity contribution is -0.111. The van der Waals surface area contributed by atoms with Gasteiger partial charge in [-0.1, -0.05) is 11.6 Å². The van der Waals surface area contributed by atoms with Gasteiger partial charge in [0.2, 0.25) is 0 Å². The quantitative estimate of drug-likeness (QED) is 0.545. The number of nitrogens with one attached hydrogen (secondary N) is 1. The van der Waals surface area contributed by atoms with E-state index in [1.54, 1.807) is 13.0 Å². The van der Waals surface area contributed by atoms with Gasteiger partial charge >= 0.3 is 0 Å². The van der Waals surface area contributed by atoms with Crippen LogP contribution < -0.4 is 5.32 Å². The zero-order chi connectivity index (χ0) is 9.84. The van der Waals surface area contributed by atoms with Crippen molar-refractivity contribution in [2.75, 3.05) is 5.32 Å². The van der Waals surface area contributed by atoms with Crippen molar-refractivity contribution in [2.45, 2.75) is 6.92 Å². The molecule has 1 rings (SSSR count). The molecule has 0 saturated carbocycles. The third kappa shape index (κ3) is 2.46. The molecule has 13 heavy (non-hydrogen) atoms. The molecule has 0 aromatic carbocycles. The van der Waals surface area contributed by atoms with Gasteiger partial charge in [-0.05, 0) is 24.5 Å². The van der Waals surface area contributed by atoms with Gasteiger partial charge in [-0.25, -0.2) is 4.98 Å². The summed E-state index contributed by atoms with van der Waals surface area (Å²) in [7, 11) is 0. The fourth-order valence-corrected chi connectivity index (χ4v) is 0.897. The van der Waals surface area contributed by atoms with Crippen LogP contribution in [-0.4, -0.2) is 10.9 Å². The molecule has 66 valence electrons. The maximum absolute atomic E-state index is 10.8. The number of aryl methyl sites for hydroxylation is 1. The van der Waals surface area contributed by atoms with Gasteiger partial charge in [-0.15, -0.1) is 6.42 Å². The minimum Gasteiger partial charge on any atom is -0.314 e. The molecule has 0 fully saturated rings. The fraction of sp³-hybridized carbons (Fsp3) is 0.111. The Hall–Kier alpha value is -1.53. The molecule has 0 aliphatic carbocycles. The summed E-state index contributed by atoms with van der Waals surface area (Å²) >= 11 is 5.69. The number of hydrogen-bond donors (Lipinski definition) is 1. The first kappa shape index (κ1) is 9.56. The summed E-state index contributed by atoms with van der Waals surface area (Å²) in [4.78, 5) is 14.6. The molecule has 1 amide bonds. The zero-order valence-corrected chi connectivity index (χ0v) is 7.72. The van der Waals surface area contributed by atoms with E-state index in [2.05, 4.69) is 10.3 Å². The monoisotopic (exact) mass is 194 g/mol. The van der Waals surface area contributed by atoms with Crippen molar-refractivity contribution in [3.63, 3.8) is 0 Å². The predicted molar refractivity (Wildman–Crippen MR) is 51.4 cm³/mol. The topological polar surface area (TPSA) is 42.0 Å². The molecule has 1 N–H and O–H groups in total. The molecule has 1 aromatic heterocycles. The Morgan fingerprint density at radius 1 is 1.77 bits per heavy atom. The Morgan fingerprint density at radius 2 is 2.46 bits per heavy atom. The van der Waals surface area contributed by atoms with Crippen molar-refractivity contribution < 1.29 is 4.79 Å². The van der Waals surface area contributed by atoms with Crippen LogP contribution in [0.3, 0.4) is 0 Å². The van der Waals surface area contributed by atoms with Crippen LogP contribution in [0.4, 0.5) is 5.69 Å². The lowest BCUT2D eigenvalue weighted by Crippen LogP contribution is -2.08. The summed E-state index contributed by atoms with van der Waals surface area (Å²) in [5.74, 6) is 1.44. The van der Waals surface area contributed by atoms with Crippen LogP contribution in [0.2, 0.25) is 5.15 Å². The first-order chi connectivity index (χ1) is 6.13. The van der Waals surface area contributed by atoms with Gasteiger partial charge in [-0.3, -0.25) is 4.79 Å². The number of amides is 1. The van der Waals surface area contributed by atoms with Gasteiger partial charge in [0.1, 0.15) is 5.15 Å². The summed E-state index contributed by atoms with van der Waals surface area (Å²) in [6.07, 6.45) is 6.33. The SMILES string of the molecule is C#CC(=O)Nc1cnc(Cl)c(C)c1. The average molecular weight is 195 g/mol. The highest BCUT2D eigenvalue weighted by Crippen LogP contribution is 2.15. The highest BCUT2D eigenvalue weighted by molar-refractivity contribution is 6.30. The van der Waals surface area contributed by atoms with Crippen LogP contribution in [0, 0.1) is 19.3 Å². The van der Waals surface area contributed by atoms with Gasteiger partial charge in [0.15, 0.2) is 0 Å². The van der Waals surface area contributed by atoms with Crippen molar-refractivity contribution in [3.8, 4) is 12.3 Å². The lowest BCUT2D eigenvalue weighted by Gasteiger charge is -2.02. The van der Waals surface area contributed by atoms with Crippen molar-refractivity contribution >= 4 is 23.2 Å². The molecule has 1 heterocycles. The van der Waals surface area contributed by atoms with E-state index in [0.717, 1.165) is 5.56 Å². The van der Waals surface area contributed by atoms with E-state index in [1.807, 2.05) is 5.92 Å². The number of carbonyl (C=O) groups excluding carboxylic acids is 1. The Bertz CT molecular complexity index is 382. The molecule has 0 saturated heterocycles. The van der Waals surface area contributed by atoms with E-state index in [1.165, 1.54) is 6.20 Å². The molecule has 4 heteroatoms. The van der Waals surface area contributed by atoms with Crippen molar-refractivity contribution in [3.05, 3.63) is 23.0 Å². The van der Waals surface area contributed by atoms with Gasteiger partial charge < -0.3 is 5.32 Å². The van der Waals surface area contributed by atoms with Crippen molar-refractivity contribution in [1.82, 2.24) is 4.98 Å². The second kappa shape index (κ2) is 3.92. The summed E-state index contributed by atoms with van der Waals surface area (Å²) in [5.41, 5.74) is 1.33. The molecule has 0 atom stereocenters. The molecular weight excluding hydrogens is 188 g/mol. The number of anilines is 1. The average Bonchev–Trinajstić information content (AvgIpc) is 2.11. The third-order valence-electron chi connectivity index (χ3n) is 1.40. The summed E-state index contributed by atoms with van der Waals surface area (Å²) in [5, 5.41) is 2.88. The molecule has 0 unspecified atom stereocenters. The van der Waals surface area contributed by atoms with E-state index in [4.69, 9.17) is 18.0 Å². The molecular formula is C9H7ClN2O. The fourth-order valence-electron chi connectivity index (χ4n) is 0.794. The van der Waals surface area contributed by atoms with Crippen LogP contribution in [0.1, 0.15) is 5.56 Å². The van der Waals surface area contributed by atoms with Crippen LogP contribution in [-0.2, 0) is 4.79 Å². The number of rotatable bonds is 1. The van der Waals surface area contributed by atoms with Gasteiger partial charge in [0, 0.05) is 0 Å². The van der Waals surface area contributed by atoms with Gasteiger partial charge in [0.25, 0.3) is 5.91 Å². The highest BCUT2D eigenvalue weighted by atomic mass is 35.5. The number of carbonyl (C=O) groups is 1. The maximum Gasteiger partial charge on any atom is 0.300 e. The van der Waals surface area contributed by atoms with E-state index < -0.39 is 5.91 Å². The number of pyridine rings is 1. The summed E-state index contributed by atoms with van der Waals surface area (Å²) in [6.45, 7) is 1.79. The molecule has 3 nitrogen and oxygen atoms in total. The largest absolute Gasteiger partial charge is 0.314 e. The minimum atomic E-state index is -0.497. The standard InChI is InChI=1S/C9H7ClN2O/c1-3-8(13)12-7-4-6(2)9(10)11-5-7/h1,4-5H,2H3,(H,12,13). The zero-order valence-electron chi connectivity index (χ0n) is 6.97. The number of terminal acetylenes is 1. The minimum absolute atomic E-state index is 0.415. The van der Waals surface area contributed by atoms with Crippen LogP contribution in [0.5, 0.6) is 0 Å². The predicted octanol–water partition coefficient (Wildman–Crippen LogP) is 1.62. The van der Waals surface area contributed by atoms with E-state index in [0.29, 0.717) is 10.8 Å². The maximum atomic E-state index is 10.8. The van der Waals surface area contributed by atoms with Gasteiger partial charge in [0.05, 0.1) is 11.9 Å². The third-order valence-corrected chi connectivity index (χ3v) is 1.80. The number of aromatic nitrogens is 1. The van der Waals surface area contributed by atoms with Crippen LogP contribution in [0.15, 0.2) is 12.3 Å². The summed E-state index contributed by atoms with van der Waals surface area (Å²) in [6, 6.07) is 1.70. The Kier molecular flexibility index (Phi) is 2.88. The van der Waals surface area contributed by atoms with E-state index in [9.17, 15) is 4.79 Å². The van der Waals surface area contributed by atoms with E-state index >= 15 is 0 Å². The Morgan fingerprint density at radius 3 is 3.00 bits per heavy atom. The molecule has 0 radical (unpaired) electrons. The normalized spacial score (nSPS) is 9.00. The van der Waals surface area contributed by atoms with Gasteiger partial charge in [-0.2, -0.15) is 0 Å². The summed E-state index contributed by atoms with van der Waals surface area (Å²) < 4.78 is 0. The second-order valence-electron chi connectivity index (χ2n) is 2.43. The highest BCUT2D eigenvalue weighted by Gasteiger charge is 2.00. The van der Waals surface area contributed by atoms with Crippen LogP contribution >= 0.6 is 11.6 Å². The number of halogens is 1. The first-order valence-corrected chi connectivity index (χ1v) is 3.91. The van der Waals surface area contributed by atoms with Crippen molar-refractivity contribution in [1.29, 1.82) is 0 Å². The molecule has 0 bridgehead atoms. The van der Waals surface area contributed by atoms with E-state index in [-0.39, 0.29) is 0 Å². The molecule has 0 aliphatic heterocycles. The Labute approximate surface area is 81.1 Å². The molecule has 0 spiro atoms. The molecule has 1 aromatic rings. The van der Waals surface area contributed by atoms with Crippen LogP contribution in [0.25, 0.3) is 0 Å². The first-order valence-electron chi connectivity index (χ1n) is 3.53. The number of nitrogens with zero attached hydrogens (tertiary/aromatic N) is 1. The molecule has 0 aliphatic rings. The second-order valence-corrected chi connectivity index (χ2v) is 2.79. The lowest BCUT2D eigenvalue weighted by atomic mass is 10.3.